The first-order valence-corrected chi connectivity index (χ1v) is 8.96. The summed E-state index contributed by atoms with van der Waals surface area (Å²) in [5.41, 5.74) is 3.55. The lowest BCUT2D eigenvalue weighted by molar-refractivity contribution is 0.0954. The number of hydrogen-bond acceptors (Lipinski definition) is 5. The highest BCUT2D eigenvalue weighted by Gasteiger charge is 2.10. The van der Waals surface area contributed by atoms with E-state index in [9.17, 15) is 4.79 Å². The number of rotatable bonds is 9. The van der Waals surface area contributed by atoms with Gasteiger partial charge in [0.15, 0.2) is 11.5 Å². The average molecular weight is 401 g/mol. The van der Waals surface area contributed by atoms with Crippen LogP contribution in [0.3, 0.4) is 0 Å². The third kappa shape index (κ3) is 5.93. The van der Waals surface area contributed by atoms with E-state index in [0.717, 1.165) is 6.42 Å². The van der Waals surface area contributed by atoms with E-state index < -0.39 is 0 Å². The summed E-state index contributed by atoms with van der Waals surface area (Å²) in [6, 6.07) is 10.0. The molecule has 1 amide bonds. The third-order valence-corrected chi connectivity index (χ3v) is 3.83. The predicted molar refractivity (Wildman–Crippen MR) is 110 cm³/mol. The summed E-state index contributed by atoms with van der Waals surface area (Å²) >= 11 is 6.12. The Labute approximate surface area is 169 Å². The van der Waals surface area contributed by atoms with E-state index in [4.69, 9.17) is 32.2 Å². The zero-order valence-corrected chi connectivity index (χ0v) is 16.5. The van der Waals surface area contributed by atoms with Crippen molar-refractivity contribution in [3.63, 3.8) is 0 Å². The van der Waals surface area contributed by atoms with Crippen molar-refractivity contribution in [2.24, 2.45) is 5.10 Å². The lowest BCUT2D eigenvalue weighted by atomic mass is 10.2. The number of hydrazone groups is 1. The maximum atomic E-state index is 12.3. The maximum Gasteiger partial charge on any atom is 0.271 e. The van der Waals surface area contributed by atoms with Gasteiger partial charge in [-0.3, -0.25) is 4.79 Å². The topological polar surface area (TPSA) is 69.2 Å². The molecule has 2 aromatic carbocycles. The number of benzene rings is 2. The molecule has 1 N–H and O–H groups in total. The van der Waals surface area contributed by atoms with Gasteiger partial charge in [0.2, 0.25) is 0 Å². The molecule has 0 heterocycles. The number of terminal acetylenes is 1. The Hall–Kier alpha value is -3.17. The zero-order valence-electron chi connectivity index (χ0n) is 15.7. The van der Waals surface area contributed by atoms with Gasteiger partial charge < -0.3 is 14.2 Å². The summed E-state index contributed by atoms with van der Waals surface area (Å²) < 4.78 is 16.1. The second kappa shape index (κ2) is 10.9. The molecule has 0 unspecified atom stereocenters. The maximum absolute atomic E-state index is 12.3. The van der Waals surface area contributed by atoms with Crippen molar-refractivity contribution < 1.29 is 19.0 Å². The molecule has 0 aliphatic rings. The molecule has 2 rings (SSSR count). The molecule has 0 saturated heterocycles. The predicted octanol–water partition coefficient (Wildman–Crippen LogP) is 3.91. The average Bonchev–Trinajstić information content (AvgIpc) is 2.71. The van der Waals surface area contributed by atoms with E-state index in [1.807, 2.05) is 6.92 Å². The molecule has 0 atom stereocenters. The minimum Gasteiger partial charge on any atom is -0.493 e. The van der Waals surface area contributed by atoms with Crippen molar-refractivity contribution in [2.75, 3.05) is 20.3 Å². The van der Waals surface area contributed by atoms with E-state index in [1.54, 1.807) is 36.4 Å². The Morgan fingerprint density at radius 1 is 1.21 bits per heavy atom. The smallest absolute Gasteiger partial charge is 0.271 e. The molecular formula is C21H21ClN2O4. The van der Waals surface area contributed by atoms with Gasteiger partial charge in [-0.2, -0.15) is 5.10 Å². The van der Waals surface area contributed by atoms with Crippen LogP contribution in [0.15, 0.2) is 41.5 Å². The van der Waals surface area contributed by atoms with E-state index in [1.165, 1.54) is 13.3 Å². The van der Waals surface area contributed by atoms with E-state index in [0.29, 0.717) is 40.0 Å². The summed E-state index contributed by atoms with van der Waals surface area (Å²) in [7, 11) is 1.52. The number of carbonyl (C=O) groups excluding carboxylic acids is 1. The van der Waals surface area contributed by atoms with Crippen molar-refractivity contribution in [3.8, 4) is 29.6 Å². The fourth-order valence-corrected chi connectivity index (χ4v) is 2.45. The Morgan fingerprint density at radius 2 is 2.00 bits per heavy atom. The number of amides is 1. The molecule has 0 spiro atoms. The largest absolute Gasteiger partial charge is 0.493 e. The molecule has 0 aromatic heterocycles. The molecule has 0 saturated carbocycles. The number of nitrogens with one attached hydrogen (secondary N) is 1. The molecule has 0 bridgehead atoms. The minimum absolute atomic E-state index is 0.134. The first-order chi connectivity index (χ1) is 13.6. The second-order valence-electron chi connectivity index (χ2n) is 5.60. The summed E-state index contributed by atoms with van der Waals surface area (Å²) in [6.45, 7) is 2.72. The van der Waals surface area contributed by atoms with Gasteiger partial charge in [-0.05, 0) is 48.4 Å². The molecule has 0 aliphatic carbocycles. The highest BCUT2D eigenvalue weighted by Crippen LogP contribution is 2.28. The van der Waals surface area contributed by atoms with Crippen LogP contribution < -0.4 is 19.6 Å². The summed E-state index contributed by atoms with van der Waals surface area (Å²) in [5.74, 6) is 3.55. The van der Waals surface area contributed by atoms with Crippen LogP contribution in [0.1, 0.15) is 29.3 Å². The van der Waals surface area contributed by atoms with Gasteiger partial charge in [0, 0.05) is 5.56 Å². The third-order valence-electron chi connectivity index (χ3n) is 3.53. The quantitative estimate of drug-likeness (QED) is 0.393. The summed E-state index contributed by atoms with van der Waals surface area (Å²) in [5, 5.41) is 4.35. The highest BCUT2D eigenvalue weighted by molar-refractivity contribution is 6.32. The van der Waals surface area contributed by atoms with Crippen molar-refractivity contribution in [3.05, 3.63) is 52.5 Å². The van der Waals surface area contributed by atoms with Crippen LogP contribution in [0.2, 0.25) is 5.02 Å². The van der Waals surface area contributed by atoms with Gasteiger partial charge in [-0.1, -0.05) is 24.4 Å². The fourth-order valence-electron chi connectivity index (χ4n) is 2.20. The van der Waals surface area contributed by atoms with Crippen LogP contribution >= 0.6 is 11.6 Å². The van der Waals surface area contributed by atoms with E-state index in [-0.39, 0.29) is 12.5 Å². The SMILES string of the molecule is C#CCOc1ccc(/C=N/NC(=O)c2ccc(OCCC)c(OC)c2)cc1Cl. The van der Waals surface area contributed by atoms with Gasteiger partial charge >= 0.3 is 0 Å². The Morgan fingerprint density at radius 3 is 2.68 bits per heavy atom. The highest BCUT2D eigenvalue weighted by atomic mass is 35.5. The standard InChI is InChI=1S/C21H21ClN2O4/c1-4-10-27-18-8-6-15(12-17(18)22)14-23-24-21(25)16-7-9-19(28-11-5-2)20(13-16)26-3/h1,6-9,12-14H,5,10-11H2,2-3H3,(H,24,25)/b23-14+. The van der Waals surface area contributed by atoms with Crippen LogP contribution in [0, 0.1) is 12.3 Å². The van der Waals surface area contributed by atoms with Gasteiger partial charge in [-0.15, -0.1) is 6.42 Å². The first kappa shape index (κ1) is 21.1. The number of halogens is 1. The fraction of sp³-hybridized carbons (Fsp3) is 0.238. The van der Waals surface area contributed by atoms with E-state index in [2.05, 4.69) is 16.4 Å². The van der Waals surface area contributed by atoms with Gasteiger partial charge in [0.25, 0.3) is 5.91 Å². The molecule has 28 heavy (non-hydrogen) atoms. The zero-order chi connectivity index (χ0) is 20.4. The normalized spacial score (nSPS) is 10.4. The van der Waals surface area contributed by atoms with E-state index >= 15 is 0 Å². The van der Waals surface area contributed by atoms with Gasteiger partial charge in [-0.25, -0.2) is 5.43 Å². The van der Waals surface area contributed by atoms with Crippen LogP contribution in [0.25, 0.3) is 0 Å². The molecule has 0 radical (unpaired) electrons. The monoisotopic (exact) mass is 400 g/mol. The Balaban J connectivity index is 2.01. The second-order valence-corrected chi connectivity index (χ2v) is 6.00. The molecule has 2 aromatic rings. The Kier molecular flexibility index (Phi) is 8.19. The van der Waals surface area contributed by atoms with Crippen LogP contribution in [0.5, 0.6) is 17.2 Å². The minimum atomic E-state index is -0.378. The molecular weight excluding hydrogens is 380 g/mol. The summed E-state index contributed by atoms with van der Waals surface area (Å²) in [4.78, 5) is 12.3. The number of ether oxygens (including phenoxy) is 3. The van der Waals surface area contributed by atoms with Crippen molar-refractivity contribution in [1.29, 1.82) is 0 Å². The lowest BCUT2D eigenvalue weighted by Gasteiger charge is -2.11. The van der Waals surface area contributed by atoms with Crippen molar-refractivity contribution in [1.82, 2.24) is 5.43 Å². The van der Waals surface area contributed by atoms with Crippen LogP contribution in [0.4, 0.5) is 0 Å². The van der Waals surface area contributed by atoms with Crippen LogP contribution in [-0.4, -0.2) is 32.4 Å². The number of methoxy groups -OCH3 is 1. The van der Waals surface area contributed by atoms with Gasteiger partial charge in [0.05, 0.1) is 25.0 Å². The number of carbonyl (C=O) groups is 1. The van der Waals surface area contributed by atoms with Crippen LogP contribution in [-0.2, 0) is 0 Å². The molecule has 146 valence electrons. The Bertz CT molecular complexity index is 890. The van der Waals surface area contributed by atoms with Gasteiger partial charge in [0.1, 0.15) is 12.4 Å². The molecule has 0 aliphatic heterocycles. The number of hydrogen-bond donors (Lipinski definition) is 1. The molecule has 7 heteroatoms. The summed E-state index contributed by atoms with van der Waals surface area (Å²) in [6.07, 6.45) is 7.50. The lowest BCUT2D eigenvalue weighted by Crippen LogP contribution is -2.17. The molecule has 0 fully saturated rings. The first-order valence-electron chi connectivity index (χ1n) is 8.59. The van der Waals surface area contributed by atoms with Crippen molar-refractivity contribution in [2.45, 2.75) is 13.3 Å². The van der Waals surface area contributed by atoms with Crippen molar-refractivity contribution >= 4 is 23.7 Å². The molecule has 6 nitrogen and oxygen atoms in total. The number of nitrogens with zero attached hydrogens (tertiary/aromatic N) is 1.